The van der Waals surface area contributed by atoms with Crippen LogP contribution in [0.1, 0.15) is 16.7 Å². The molecule has 1 atom stereocenters. The standard InChI is InChI=1S/C25H22ClNO5S/c1-33(31,32)22-10-2-16(3-11-22)12-23(28)27-25(24(29)30)14-19-5-4-18(13-20(19)15-25)17-6-8-21(26)9-7-17/h2-11,13H,12,14-15H2,1H3,(H,27,28)(H,29,30). The van der Waals surface area contributed by atoms with E-state index in [0.29, 0.717) is 10.6 Å². The Hall–Kier alpha value is -3.16. The van der Waals surface area contributed by atoms with Gasteiger partial charge in [0.05, 0.1) is 11.3 Å². The number of aliphatic carboxylic acids is 1. The highest BCUT2D eigenvalue weighted by molar-refractivity contribution is 7.90. The van der Waals surface area contributed by atoms with Gasteiger partial charge in [0.25, 0.3) is 0 Å². The van der Waals surface area contributed by atoms with Gasteiger partial charge in [-0.25, -0.2) is 13.2 Å². The average molecular weight is 484 g/mol. The Morgan fingerprint density at radius 2 is 1.55 bits per heavy atom. The molecule has 33 heavy (non-hydrogen) atoms. The fourth-order valence-electron chi connectivity index (χ4n) is 4.14. The van der Waals surface area contributed by atoms with Gasteiger partial charge in [-0.15, -0.1) is 0 Å². The van der Waals surface area contributed by atoms with Gasteiger partial charge < -0.3 is 10.4 Å². The van der Waals surface area contributed by atoms with Crippen LogP contribution in [0.3, 0.4) is 0 Å². The number of carbonyl (C=O) groups excluding carboxylic acids is 1. The molecule has 0 heterocycles. The average Bonchev–Trinajstić information content (AvgIpc) is 3.12. The van der Waals surface area contributed by atoms with E-state index in [0.717, 1.165) is 28.5 Å². The summed E-state index contributed by atoms with van der Waals surface area (Å²) in [6.45, 7) is 0. The Bertz CT molecular complexity index is 1330. The van der Waals surface area contributed by atoms with Gasteiger partial charge in [-0.05, 0) is 52.1 Å². The summed E-state index contributed by atoms with van der Waals surface area (Å²) in [5, 5.41) is 13.4. The topological polar surface area (TPSA) is 101 Å². The number of carboxylic acids is 1. The molecule has 1 aliphatic carbocycles. The molecule has 1 amide bonds. The van der Waals surface area contributed by atoms with Crippen molar-refractivity contribution in [1.82, 2.24) is 5.32 Å². The minimum Gasteiger partial charge on any atom is -0.479 e. The second kappa shape index (κ2) is 8.65. The quantitative estimate of drug-likeness (QED) is 0.557. The van der Waals surface area contributed by atoms with E-state index in [2.05, 4.69) is 5.32 Å². The summed E-state index contributed by atoms with van der Waals surface area (Å²) in [4.78, 5) is 25.1. The van der Waals surface area contributed by atoms with Gasteiger partial charge >= 0.3 is 5.97 Å². The lowest BCUT2D eigenvalue weighted by atomic mass is 9.95. The van der Waals surface area contributed by atoms with Gasteiger partial charge in [0.1, 0.15) is 5.54 Å². The van der Waals surface area contributed by atoms with Crippen molar-refractivity contribution in [1.29, 1.82) is 0 Å². The number of sulfone groups is 1. The van der Waals surface area contributed by atoms with Crippen LogP contribution in [0.4, 0.5) is 0 Å². The summed E-state index contributed by atoms with van der Waals surface area (Å²) in [6.07, 6.45) is 1.43. The van der Waals surface area contributed by atoms with Crippen LogP contribution in [0.2, 0.25) is 5.02 Å². The summed E-state index contributed by atoms with van der Waals surface area (Å²) in [7, 11) is -3.33. The van der Waals surface area contributed by atoms with Gasteiger partial charge in [0.15, 0.2) is 9.84 Å². The summed E-state index contributed by atoms with van der Waals surface area (Å²) in [5.41, 5.74) is 2.85. The molecule has 0 radical (unpaired) electrons. The fraction of sp³-hybridized carbons (Fsp3) is 0.200. The number of benzene rings is 3. The lowest BCUT2D eigenvalue weighted by Gasteiger charge is -2.25. The first-order chi connectivity index (χ1) is 15.6. The van der Waals surface area contributed by atoms with E-state index in [4.69, 9.17) is 11.6 Å². The maximum absolute atomic E-state index is 12.7. The molecular formula is C25H22ClNO5S. The van der Waals surface area contributed by atoms with Crippen molar-refractivity contribution in [3.8, 4) is 11.1 Å². The first-order valence-electron chi connectivity index (χ1n) is 10.3. The molecule has 170 valence electrons. The molecule has 6 nitrogen and oxygen atoms in total. The van der Waals surface area contributed by atoms with Gasteiger partial charge in [0.2, 0.25) is 5.91 Å². The first-order valence-corrected chi connectivity index (χ1v) is 12.5. The Labute approximate surface area is 197 Å². The predicted octanol–water partition coefficient (Wildman–Crippen LogP) is 3.69. The van der Waals surface area contributed by atoms with E-state index in [-0.39, 0.29) is 24.2 Å². The maximum Gasteiger partial charge on any atom is 0.330 e. The minimum atomic E-state index is -3.33. The second-order valence-corrected chi connectivity index (χ2v) is 10.8. The maximum atomic E-state index is 12.7. The lowest BCUT2D eigenvalue weighted by molar-refractivity contribution is -0.147. The van der Waals surface area contributed by atoms with Crippen molar-refractivity contribution in [2.24, 2.45) is 0 Å². The summed E-state index contributed by atoms with van der Waals surface area (Å²) in [6, 6.07) is 19.2. The van der Waals surface area contributed by atoms with Crippen molar-refractivity contribution in [2.75, 3.05) is 6.26 Å². The molecule has 0 saturated heterocycles. The van der Waals surface area contributed by atoms with E-state index in [9.17, 15) is 23.1 Å². The Morgan fingerprint density at radius 3 is 2.15 bits per heavy atom. The van der Waals surface area contributed by atoms with Crippen LogP contribution in [0.5, 0.6) is 0 Å². The lowest BCUT2D eigenvalue weighted by Crippen LogP contribution is -2.55. The van der Waals surface area contributed by atoms with Gasteiger partial charge in [-0.2, -0.15) is 0 Å². The van der Waals surface area contributed by atoms with E-state index >= 15 is 0 Å². The normalized spacial score (nSPS) is 17.4. The number of rotatable bonds is 6. The molecule has 2 N–H and O–H groups in total. The molecule has 0 saturated carbocycles. The number of carbonyl (C=O) groups is 2. The summed E-state index contributed by atoms with van der Waals surface area (Å²) >= 11 is 5.97. The minimum absolute atomic E-state index is 0.0502. The smallest absolute Gasteiger partial charge is 0.330 e. The highest BCUT2D eigenvalue weighted by Gasteiger charge is 2.45. The third-order valence-electron chi connectivity index (χ3n) is 5.87. The number of halogens is 1. The van der Waals surface area contributed by atoms with Gasteiger partial charge in [-0.1, -0.05) is 54.1 Å². The fourth-order valence-corrected chi connectivity index (χ4v) is 4.90. The molecular weight excluding hydrogens is 462 g/mol. The first kappa shape index (κ1) is 23.0. The summed E-state index contributed by atoms with van der Waals surface area (Å²) < 4.78 is 23.2. The summed E-state index contributed by atoms with van der Waals surface area (Å²) in [5.74, 6) is -1.53. The number of nitrogens with one attached hydrogen (secondary N) is 1. The predicted molar refractivity (Wildman–Crippen MR) is 126 cm³/mol. The Kier molecular flexibility index (Phi) is 6.03. The van der Waals surface area contributed by atoms with Crippen LogP contribution in [0, 0.1) is 0 Å². The number of carboxylic acid groups (broad SMARTS) is 1. The zero-order valence-corrected chi connectivity index (χ0v) is 19.4. The van der Waals surface area contributed by atoms with Crippen molar-refractivity contribution in [2.45, 2.75) is 29.7 Å². The monoisotopic (exact) mass is 483 g/mol. The third-order valence-corrected chi connectivity index (χ3v) is 7.25. The highest BCUT2D eigenvalue weighted by Crippen LogP contribution is 2.34. The van der Waals surface area contributed by atoms with Crippen molar-refractivity contribution in [3.63, 3.8) is 0 Å². The van der Waals surface area contributed by atoms with E-state index in [1.165, 1.54) is 12.1 Å². The van der Waals surface area contributed by atoms with Crippen LogP contribution in [0.25, 0.3) is 11.1 Å². The Morgan fingerprint density at radius 1 is 0.939 bits per heavy atom. The van der Waals surface area contributed by atoms with Crippen LogP contribution < -0.4 is 5.32 Å². The van der Waals surface area contributed by atoms with Crippen LogP contribution >= 0.6 is 11.6 Å². The van der Waals surface area contributed by atoms with E-state index in [1.54, 1.807) is 24.3 Å². The molecule has 1 aliphatic rings. The second-order valence-electron chi connectivity index (χ2n) is 8.37. The van der Waals surface area contributed by atoms with Crippen LogP contribution in [-0.2, 0) is 38.7 Å². The van der Waals surface area contributed by atoms with Crippen LogP contribution in [0.15, 0.2) is 71.6 Å². The van der Waals surface area contributed by atoms with E-state index < -0.39 is 27.3 Å². The molecule has 0 bridgehead atoms. The number of hydrogen-bond acceptors (Lipinski definition) is 4. The molecule has 0 fully saturated rings. The highest BCUT2D eigenvalue weighted by atomic mass is 35.5. The van der Waals surface area contributed by atoms with E-state index in [1.807, 2.05) is 30.3 Å². The molecule has 0 spiro atoms. The molecule has 3 aromatic rings. The molecule has 0 aromatic heterocycles. The molecule has 0 aliphatic heterocycles. The van der Waals surface area contributed by atoms with Crippen molar-refractivity contribution >= 4 is 33.3 Å². The largest absolute Gasteiger partial charge is 0.479 e. The SMILES string of the molecule is CS(=O)(=O)c1ccc(CC(=O)NC2(C(=O)O)Cc3ccc(-c4ccc(Cl)cc4)cc3C2)cc1. The zero-order chi connectivity index (χ0) is 23.8. The molecule has 1 unspecified atom stereocenters. The zero-order valence-electron chi connectivity index (χ0n) is 17.8. The van der Waals surface area contributed by atoms with Crippen molar-refractivity contribution in [3.05, 3.63) is 88.4 Å². The number of amides is 1. The molecule has 8 heteroatoms. The van der Waals surface area contributed by atoms with Crippen LogP contribution in [-0.4, -0.2) is 37.2 Å². The van der Waals surface area contributed by atoms with Gasteiger partial charge in [-0.3, -0.25) is 4.79 Å². The van der Waals surface area contributed by atoms with Gasteiger partial charge in [0, 0.05) is 24.1 Å². The van der Waals surface area contributed by atoms with Crippen molar-refractivity contribution < 1.29 is 23.1 Å². The molecule has 3 aromatic carbocycles. The number of fused-ring (bicyclic) bond motifs is 1. The molecule has 4 rings (SSSR count). The number of hydrogen-bond donors (Lipinski definition) is 2. The Balaban J connectivity index is 1.51. The third kappa shape index (κ3) is 4.94.